The molecule has 1 aromatic heterocycles. The number of thiophene rings is 1. The lowest BCUT2D eigenvalue weighted by Gasteiger charge is -2.36. The molecule has 1 aliphatic rings. The highest BCUT2D eigenvalue weighted by Gasteiger charge is 2.23. The highest BCUT2D eigenvalue weighted by molar-refractivity contribution is 7.22. The van der Waals surface area contributed by atoms with Crippen LogP contribution < -0.4 is 14.4 Å². The summed E-state index contributed by atoms with van der Waals surface area (Å²) < 4.78 is 29.6. The van der Waals surface area contributed by atoms with Gasteiger partial charge in [0.1, 0.15) is 36.9 Å². The van der Waals surface area contributed by atoms with Crippen molar-refractivity contribution in [2.24, 2.45) is 0 Å². The van der Waals surface area contributed by atoms with Crippen LogP contribution in [-0.2, 0) is 32.2 Å². The van der Waals surface area contributed by atoms with Crippen LogP contribution in [0.15, 0.2) is 127 Å². The summed E-state index contributed by atoms with van der Waals surface area (Å²) in [4.78, 5) is 32.0. The van der Waals surface area contributed by atoms with Gasteiger partial charge in [0.2, 0.25) is 0 Å². The second kappa shape index (κ2) is 20.0. The second-order valence-electron chi connectivity index (χ2n) is 15.5. The fraction of sp³-hybridized carbons (Fsp3) is 0.306. The quantitative estimate of drug-likeness (QED) is 0.0479. The molecule has 0 spiro atoms. The van der Waals surface area contributed by atoms with Gasteiger partial charge < -0.3 is 28.6 Å². The molecule has 10 heteroatoms. The van der Waals surface area contributed by atoms with E-state index in [1.807, 2.05) is 136 Å². The van der Waals surface area contributed by atoms with Gasteiger partial charge in [0.25, 0.3) is 0 Å². The predicted molar refractivity (Wildman–Crippen MR) is 235 cm³/mol. The van der Waals surface area contributed by atoms with E-state index >= 15 is 0 Å². The number of anilines is 1. The van der Waals surface area contributed by atoms with Gasteiger partial charge >= 0.3 is 5.97 Å². The van der Waals surface area contributed by atoms with Crippen LogP contribution in [0.4, 0.5) is 5.69 Å². The van der Waals surface area contributed by atoms with Gasteiger partial charge in [-0.05, 0) is 104 Å². The lowest BCUT2D eigenvalue weighted by Crippen LogP contribution is -2.47. The molecule has 1 fully saturated rings. The van der Waals surface area contributed by atoms with Gasteiger partial charge in [-0.2, -0.15) is 0 Å². The minimum Gasteiger partial charge on any atom is -0.489 e. The standard InChI is InChI=1S/C49H52N2O7S/c1-49(2,3)58-45(52)35-55-31-30-54-29-28-50-24-26-51(27-25-50)40-18-14-38(15-19-40)47(53)46-43-23-22-42(57-34-37-12-8-5-9-13-37)32-44(43)59-48(46)39-16-20-41(21-17-39)56-33-36-10-6-4-7-11-36/h4-23,32H,24-31,33-35H2,1-3H3. The van der Waals surface area contributed by atoms with E-state index in [0.717, 1.165) is 81.6 Å². The van der Waals surface area contributed by atoms with E-state index in [1.165, 1.54) is 0 Å². The van der Waals surface area contributed by atoms with E-state index in [-0.39, 0.29) is 18.4 Å². The van der Waals surface area contributed by atoms with Crippen LogP contribution in [-0.4, -0.2) is 81.4 Å². The summed E-state index contributed by atoms with van der Waals surface area (Å²) in [7, 11) is 0. The molecule has 0 bridgehead atoms. The van der Waals surface area contributed by atoms with Gasteiger partial charge in [-0.25, -0.2) is 4.79 Å². The van der Waals surface area contributed by atoms with Crippen molar-refractivity contribution in [3.05, 3.63) is 150 Å². The molecular weight excluding hydrogens is 761 g/mol. The Morgan fingerprint density at radius 3 is 1.92 bits per heavy atom. The topological polar surface area (TPSA) is 86.8 Å². The largest absolute Gasteiger partial charge is 0.489 e. The molecule has 0 radical (unpaired) electrons. The molecule has 0 amide bonds. The summed E-state index contributed by atoms with van der Waals surface area (Å²) >= 11 is 1.60. The first-order chi connectivity index (χ1) is 28.7. The molecule has 0 unspecified atom stereocenters. The average molecular weight is 813 g/mol. The van der Waals surface area contributed by atoms with Gasteiger partial charge in [0.05, 0.1) is 19.8 Å². The maximum absolute atomic E-state index is 14.5. The van der Waals surface area contributed by atoms with E-state index in [2.05, 4.69) is 21.9 Å². The number of carbonyl (C=O) groups excluding carboxylic acids is 2. The number of ether oxygens (including phenoxy) is 5. The summed E-state index contributed by atoms with van der Waals surface area (Å²) in [6.07, 6.45) is 0. The molecule has 0 saturated carbocycles. The van der Waals surface area contributed by atoms with Crippen LogP contribution in [0.25, 0.3) is 20.5 Å². The Kier molecular flexibility index (Phi) is 14.1. The van der Waals surface area contributed by atoms with E-state index in [4.69, 9.17) is 23.7 Å². The van der Waals surface area contributed by atoms with Gasteiger partial charge in [-0.15, -0.1) is 11.3 Å². The smallest absolute Gasteiger partial charge is 0.332 e. The first kappa shape index (κ1) is 41.6. The molecule has 7 rings (SSSR count). The summed E-state index contributed by atoms with van der Waals surface area (Å²) in [6.45, 7) is 12.2. The lowest BCUT2D eigenvalue weighted by molar-refractivity contribution is -0.160. The Bertz CT molecular complexity index is 2260. The molecule has 0 N–H and O–H groups in total. The lowest BCUT2D eigenvalue weighted by atomic mass is 9.97. The third-order valence-corrected chi connectivity index (χ3v) is 11.1. The predicted octanol–water partition coefficient (Wildman–Crippen LogP) is 9.45. The molecule has 2 heterocycles. The van der Waals surface area contributed by atoms with Crippen molar-refractivity contribution in [1.82, 2.24) is 4.90 Å². The van der Waals surface area contributed by atoms with Crippen molar-refractivity contribution in [3.8, 4) is 21.9 Å². The number of hydrogen-bond acceptors (Lipinski definition) is 10. The van der Waals surface area contributed by atoms with Crippen molar-refractivity contribution in [3.63, 3.8) is 0 Å². The first-order valence-corrected chi connectivity index (χ1v) is 21.0. The second-order valence-corrected chi connectivity index (χ2v) is 16.5. The molecule has 306 valence electrons. The van der Waals surface area contributed by atoms with Crippen LogP contribution in [0.3, 0.4) is 0 Å². The van der Waals surface area contributed by atoms with Crippen molar-refractivity contribution >= 4 is 38.9 Å². The highest BCUT2D eigenvalue weighted by Crippen LogP contribution is 2.42. The Morgan fingerprint density at radius 2 is 1.27 bits per heavy atom. The Hall–Kier alpha value is -5.52. The number of nitrogens with zero attached hydrogens (tertiary/aromatic N) is 2. The molecule has 9 nitrogen and oxygen atoms in total. The third-order valence-electron chi connectivity index (χ3n) is 9.93. The fourth-order valence-corrected chi connectivity index (χ4v) is 8.15. The van der Waals surface area contributed by atoms with E-state index < -0.39 is 5.60 Å². The number of carbonyl (C=O) groups is 2. The molecule has 0 atom stereocenters. The fourth-order valence-electron chi connectivity index (χ4n) is 6.92. The number of hydrogen-bond donors (Lipinski definition) is 0. The number of esters is 1. The van der Waals surface area contributed by atoms with Crippen LogP contribution in [0, 0.1) is 0 Å². The van der Waals surface area contributed by atoms with E-state index in [1.54, 1.807) is 11.3 Å². The number of benzene rings is 5. The minimum absolute atomic E-state index is 0.0137. The van der Waals surface area contributed by atoms with Crippen LogP contribution in [0.5, 0.6) is 11.5 Å². The van der Waals surface area contributed by atoms with Gasteiger partial charge in [-0.1, -0.05) is 60.7 Å². The number of ketones is 1. The highest BCUT2D eigenvalue weighted by atomic mass is 32.1. The van der Waals surface area contributed by atoms with Gasteiger partial charge in [0.15, 0.2) is 5.78 Å². The zero-order chi connectivity index (χ0) is 41.0. The zero-order valence-electron chi connectivity index (χ0n) is 34.1. The number of rotatable bonds is 18. The van der Waals surface area contributed by atoms with Gasteiger partial charge in [0, 0.05) is 64.5 Å². The van der Waals surface area contributed by atoms with Crippen LogP contribution in [0.2, 0.25) is 0 Å². The molecule has 0 aliphatic carbocycles. The first-order valence-electron chi connectivity index (χ1n) is 20.2. The molecule has 6 aromatic rings. The van der Waals surface area contributed by atoms with Crippen molar-refractivity contribution in [1.29, 1.82) is 0 Å². The van der Waals surface area contributed by atoms with Crippen molar-refractivity contribution in [2.45, 2.75) is 39.6 Å². The number of fused-ring (bicyclic) bond motifs is 1. The number of piperazine rings is 1. The SMILES string of the molecule is CC(C)(C)OC(=O)COCCOCCN1CCN(c2ccc(C(=O)c3c(-c4ccc(OCc5ccccc5)cc4)sc4cc(OCc5ccccc5)ccc34)cc2)CC1. The molecule has 5 aromatic carbocycles. The summed E-state index contributed by atoms with van der Waals surface area (Å²) in [5.74, 6) is 1.15. The summed E-state index contributed by atoms with van der Waals surface area (Å²) in [5, 5.41) is 0.906. The van der Waals surface area contributed by atoms with E-state index in [9.17, 15) is 9.59 Å². The van der Waals surface area contributed by atoms with Crippen LogP contribution in [0.1, 0.15) is 47.8 Å². The molecule has 59 heavy (non-hydrogen) atoms. The third kappa shape index (κ3) is 11.8. The van der Waals surface area contributed by atoms with Crippen molar-refractivity contribution < 1.29 is 33.3 Å². The summed E-state index contributed by atoms with van der Waals surface area (Å²) in [6, 6.07) is 42.3. The minimum atomic E-state index is -0.520. The summed E-state index contributed by atoms with van der Waals surface area (Å²) in [5.41, 5.74) is 5.07. The average Bonchev–Trinajstić information content (AvgIpc) is 3.64. The maximum atomic E-state index is 14.5. The van der Waals surface area contributed by atoms with Crippen LogP contribution >= 0.6 is 11.3 Å². The van der Waals surface area contributed by atoms with Gasteiger partial charge in [-0.3, -0.25) is 9.69 Å². The monoisotopic (exact) mass is 812 g/mol. The maximum Gasteiger partial charge on any atom is 0.332 e. The zero-order valence-corrected chi connectivity index (χ0v) is 34.9. The Labute approximate surface area is 351 Å². The molecule has 1 aliphatic heterocycles. The Balaban J connectivity index is 0.979. The van der Waals surface area contributed by atoms with Crippen molar-refractivity contribution in [2.75, 3.05) is 64.1 Å². The normalized spacial score (nSPS) is 13.4. The van der Waals surface area contributed by atoms with E-state index in [0.29, 0.717) is 44.2 Å². The molecular formula is C49H52N2O7S. The Morgan fingerprint density at radius 1 is 0.661 bits per heavy atom. The molecule has 1 saturated heterocycles.